The molecule has 0 aromatic heterocycles. The van der Waals surface area contributed by atoms with Crippen LogP contribution in [-0.2, 0) is 55.2 Å². The number of hydrogen-bond donors (Lipinski definition) is 1. The summed E-state index contributed by atoms with van der Waals surface area (Å²) in [6.07, 6.45) is 2.61. The van der Waals surface area contributed by atoms with E-state index in [2.05, 4.69) is 0 Å². The number of carbonyl (C=O) groups is 5. The van der Waals surface area contributed by atoms with Crippen molar-refractivity contribution in [2.45, 2.75) is 73.5 Å². The van der Waals surface area contributed by atoms with Crippen molar-refractivity contribution in [2.75, 3.05) is 13.2 Å². The Kier molecular flexibility index (Phi) is 49.1. The van der Waals surface area contributed by atoms with Gasteiger partial charge in [0.25, 0.3) is 6.29 Å². The number of rotatable bonds is 9. The number of hydrogen-bond acceptors (Lipinski definition) is 11. The predicted molar refractivity (Wildman–Crippen MR) is 95.9 cm³/mol. The van der Waals surface area contributed by atoms with Crippen LogP contribution in [0.15, 0.2) is 0 Å². The molecule has 0 atom stereocenters. The smallest absolute Gasteiger partial charge is 0.550 e. The van der Waals surface area contributed by atoms with E-state index in [0.29, 0.717) is 13.2 Å². The quantitative estimate of drug-likeness (QED) is 0.196. The Morgan fingerprint density at radius 2 is 0.871 bits per heavy atom. The van der Waals surface area contributed by atoms with Gasteiger partial charge in [-0.15, -0.1) is 0 Å². The van der Waals surface area contributed by atoms with Crippen LogP contribution in [-0.4, -0.2) is 54.5 Å². The average Bonchev–Trinajstić information content (AvgIpc) is 2.51. The zero-order chi connectivity index (χ0) is 25.1. The summed E-state index contributed by atoms with van der Waals surface area (Å²) >= 11 is 0. The molecule has 0 spiro atoms. The van der Waals surface area contributed by atoms with Gasteiger partial charge in [0.2, 0.25) is 0 Å². The van der Waals surface area contributed by atoms with Gasteiger partial charge in [0, 0.05) is 23.9 Å². The monoisotopic (exact) mass is 488 g/mol. The zero-order valence-electron chi connectivity index (χ0n) is 18.8. The Bertz CT molecular complexity index is 381. The van der Waals surface area contributed by atoms with E-state index in [-0.39, 0.29) is 21.7 Å². The number of carboxylic acids is 5. The van der Waals surface area contributed by atoms with Crippen molar-refractivity contribution >= 4 is 29.8 Å². The van der Waals surface area contributed by atoms with Gasteiger partial charge in [-0.3, -0.25) is 0 Å². The van der Waals surface area contributed by atoms with Crippen LogP contribution in [0.3, 0.4) is 0 Å². The summed E-state index contributed by atoms with van der Waals surface area (Å²) in [6.45, 7) is 8.83. The predicted octanol–water partition coefficient (Wildman–Crippen LogP) is -2.95. The molecule has 13 heteroatoms. The summed E-state index contributed by atoms with van der Waals surface area (Å²) in [5, 5.41) is 44.3. The van der Waals surface area contributed by atoms with E-state index in [1.165, 1.54) is 0 Å². The average molecular weight is 488 g/mol. The molecule has 180 valence electrons. The topological polar surface area (TPSA) is 216 Å². The van der Waals surface area contributed by atoms with Gasteiger partial charge in [0.05, 0.1) is 13.2 Å². The van der Waals surface area contributed by atoms with Gasteiger partial charge in [-0.05, 0) is 40.5 Å². The molecule has 0 aliphatic carbocycles. The largest absolute Gasteiger partial charge is 4.00 e. The second-order valence-electron chi connectivity index (χ2n) is 5.09. The second kappa shape index (κ2) is 35.4. The second-order valence-corrected chi connectivity index (χ2v) is 5.09. The van der Waals surface area contributed by atoms with E-state index >= 15 is 0 Å². The van der Waals surface area contributed by atoms with Gasteiger partial charge in [-0.1, -0.05) is 26.7 Å². The van der Waals surface area contributed by atoms with Crippen LogP contribution in [0.4, 0.5) is 0 Å². The van der Waals surface area contributed by atoms with Crippen LogP contribution < -0.4 is 20.4 Å². The third kappa shape index (κ3) is 132. The standard InChI is InChI=1S/C10H20O4.4C2H4O2.Ti/c1-3-5-7-13-10(9(11)12)14-8-6-4-2;4*1-2(3)4;/h10H,3-8H2,1-2H3,(H,11,12);4*1H3,(H,3,4);/q;;;;;+4/p-4. The number of carbonyl (C=O) groups excluding carboxylic acids is 4. The first-order valence-corrected chi connectivity index (χ1v) is 8.81. The number of unbranched alkanes of at least 4 members (excludes halogenated alkanes) is 2. The van der Waals surface area contributed by atoms with Crippen LogP contribution >= 0.6 is 0 Å². The van der Waals surface area contributed by atoms with Crippen molar-refractivity contribution < 1.29 is 80.7 Å². The first kappa shape index (κ1) is 43.0. The molecule has 0 saturated heterocycles. The Morgan fingerprint density at radius 1 is 0.677 bits per heavy atom. The minimum absolute atomic E-state index is 0. The molecule has 0 unspecified atom stereocenters. The molecule has 0 rings (SSSR count). The van der Waals surface area contributed by atoms with E-state index in [1.54, 1.807) is 0 Å². The third-order valence-electron chi connectivity index (χ3n) is 1.74. The molecule has 0 heterocycles. The normalized spacial score (nSPS) is 8.10. The van der Waals surface area contributed by atoms with Crippen molar-refractivity contribution in [3.63, 3.8) is 0 Å². The number of ether oxygens (including phenoxy) is 2. The van der Waals surface area contributed by atoms with E-state index in [0.717, 1.165) is 53.4 Å². The SMILES string of the molecule is CC(=O)[O-].CC(=O)[O-].CC(=O)[O-].CC(=O)[O-].CCCCOC(OCCCC)C(=O)O.[Ti+4]. The Balaban J connectivity index is -0.0000000756. The minimum Gasteiger partial charge on any atom is -0.550 e. The molecule has 0 saturated carbocycles. The number of aliphatic carboxylic acids is 5. The van der Waals surface area contributed by atoms with E-state index < -0.39 is 36.1 Å². The van der Waals surface area contributed by atoms with Crippen LogP contribution in [0.25, 0.3) is 0 Å². The summed E-state index contributed by atoms with van der Waals surface area (Å²) in [6, 6.07) is 0. The maximum absolute atomic E-state index is 10.6. The molecule has 31 heavy (non-hydrogen) atoms. The molecular formula is C18H32O12Ti. The Labute approximate surface area is 197 Å². The van der Waals surface area contributed by atoms with Crippen LogP contribution in [0.5, 0.6) is 0 Å². The fourth-order valence-corrected chi connectivity index (χ4v) is 0.860. The maximum Gasteiger partial charge on any atom is 4.00 e. The van der Waals surface area contributed by atoms with Crippen LogP contribution in [0, 0.1) is 0 Å². The summed E-state index contributed by atoms with van der Waals surface area (Å²) < 4.78 is 10.1. The van der Waals surface area contributed by atoms with Crippen LogP contribution in [0.1, 0.15) is 67.2 Å². The molecule has 0 radical (unpaired) electrons. The van der Waals surface area contributed by atoms with Gasteiger partial charge < -0.3 is 54.2 Å². The Hall–Kier alpha value is -2.02. The fourth-order valence-electron chi connectivity index (χ4n) is 0.860. The van der Waals surface area contributed by atoms with Gasteiger partial charge in [0.1, 0.15) is 0 Å². The Morgan fingerprint density at radius 3 is 1.00 bits per heavy atom. The molecule has 0 aliphatic rings. The van der Waals surface area contributed by atoms with Gasteiger partial charge >= 0.3 is 27.7 Å². The summed E-state index contributed by atoms with van der Waals surface area (Å²) in [5.41, 5.74) is 0. The van der Waals surface area contributed by atoms with E-state index in [1.807, 2.05) is 13.8 Å². The minimum atomic E-state index is -1.09. The van der Waals surface area contributed by atoms with Crippen molar-refractivity contribution in [1.29, 1.82) is 0 Å². The van der Waals surface area contributed by atoms with Crippen molar-refractivity contribution in [3.8, 4) is 0 Å². The molecule has 0 aromatic carbocycles. The summed E-state index contributed by atoms with van der Waals surface area (Å²) in [4.78, 5) is 46.2. The molecule has 12 nitrogen and oxygen atoms in total. The zero-order valence-corrected chi connectivity index (χ0v) is 20.3. The van der Waals surface area contributed by atoms with E-state index in [9.17, 15) is 4.79 Å². The third-order valence-corrected chi connectivity index (χ3v) is 1.74. The molecule has 0 amide bonds. The molecule has 0 bridgehead atoms. The van der Waals surface area contributed by atoms with Crippen molar-refractivity contribution in [2.24, 2.45) is 0 Å². The van der Waals surface area contributed by atoms with Gasteiger partial charge in [-0.25, -0.2) is 4.79 Å². The van der Waals surface area contributed by atoms with Crippen molar-refractivity contribution in [1.82, 2.24) is 0 Å². The van der Waals surface area contributed by atoms with Crippen molar-refractivity contribution in [3.05, 3.63) is 0 Å². The first-order chi connectivity index (χ1) is 13.6. The molecule has 0 fully saturated rings. The fraction of sp³-hybridized carbons (Fsp3) is 0.722. The molecule has 1 N–H and O–H groups in total. The number of carboxylic acid groups (broad SMARTS) is 5. The summed E-state index contributed by atoms with van der Waals surface area (Å²) in [7, 11) is 0. The maximum atomic E-state index is 10.6. The first-order valence-electron chi connectivity index (χ1n) is 8.81. The molecular weight excluding hydrogens is 456 g/mol. The molecule has 0 aliphatic heterocycles. The van der Waals surface area contributed by atoms with Gasteiger partial charge in [0.15, 0.2) is 0 Å². The van der Waals surface area contributed by atoms with E-state index in [4.69, 9.17) is 54.2 Å². The van der Waals surface area contributed by atoms with Gasteiger partial charge in [-0.2, -0.15) is 0 Å². The van der Waals surface area contributed by atoms with Crippen LogP contribution in [0.2, 0.25) is 0 Å². The summed E-state index contributed by atoms with van der Waals surface area (Å²) in [5.74, 6) is -5.38. The molecule has 0 aromatic rings.